The Morgan fingerprint density at radius 3 is 2.53 bits per heavy atom. The highest BCUT2D eigenvalue weighted by molar-refractivity contribution is 5.89. The van der Waals surface area contributed by atoms with E-state index in [-0.39, 0.29) is 5.54 Å². The van der Waals surface area contributed by atoms with Crippen molar-refractivity contribution in [1.29, 1.82) is 0 Å². The average molecular weight is 199 g/mol. The zero-order valence-electron chi connectivity index (χ0n) is 8.40. The predicted molar refractivity (Wildman–Crippen MR) is 60.7 cm³/mol. The minimum atomic E-state index is -0.287. The number of rotatable bonds is 1. The average Bonchev–Trinajstić information content (AvgIpc) is 2.97. The second-order valence-corrected chi connectivity index (χ2v) is 4.34. The maximum absolute atomic E-state index is 9.90. The Morgan fingerprint density at radius 2 is 1.80 bits per heavy atom. The standard InChI is InChI=1S/C13H13NO/c14-13(7-8-13)12-10-4-2-1-3-9(10)5-6-11(12)15/h1-6,15H,7-8,14H2. The van der Waals surface area contributed by atoms with E-state index in [4.69, 9.17) is 5.73 Å². The Hall–Kier alpha value is -1.54. The van der Waals surface area contributed by atoms with Gasteiger partial charge >= 0.3 is 0 Å². The molecule has 0 aromatic heterocycles. The van der Waals surface area contributed by atoms with E-state index in [0.717, 1.165) is 29.2 Å². The molecule has 1 fully saturated rings. The molecule has 76 valence electrons. The Labute approximate surface area is 88.3 Å². The lowest BCUT2D eigenvalue weighted by atomic mass is 9.96. The van der Waals surface area contributed by atoms with Crippen LogP contribution >= 0.6 is 0 Å². The predicted octanol–water partition coefficient (Wildman–Crippen LogP) is 2.49. The lowest BCUT2D eigenvalue weighted by Crippen LogP contribution is -2.19. The highest BCUT2D eigenvalue weighted by atomic mass is 16.3. The van der Waals surface area contributed by atoms with Gasteiger partial charge in [-0.3, -0.25) is 0 Å². The molecular formula is C13H13NO. The fraction of sp³-hybridized carbons (Fsp3) is 0.231. The molecule has 1 aliphatic rings. The summed E-state index contributed by atoms with van der Waals surface area (Å²) in [7, 11) is 0. The van der Waals surface area contributed by atoms with Crippen LogP contribution in [0.25, 0.3) is 10.8 Å². The molecule has 1 aliphatic carbocycles. The van der Waals surface area contributed by atoms with Gasteiger partial charge in [0.1, 0.15) is 5.75 Å². The Morgan fingerprint density at radius 1 is 1.07 bits per heavy atom. The van der Waals surface area contributed by atoms with E-state index in [2.05, 4.69) is 0 Å². The van der Waals surface area contributed by atoms with Gasteiger partial charge in [-0.25, -0.2) is 0 Å². The van der Waals surface area contributed by atoms with Gasteiger partial charge < -0.3 is 10.8 Å². The van der Waals surface area contributed by atoms with E-state index in [1.54, 1.807) is 6.07 Å². The van der Waals surface area contributed by atoms with Gasteiger partial charge in [-0.1, -0.05) is 30.3 Å². The van der Waals surface area contributed by atoms with Crippen molar-refractivity contribution >= 4 is 10.8 Å². The maximum Gasteiger partial charge on any atom is 0.121 e. The zero-order valence-corrected chi connectivity index (χ0v) is 8.40. The molecule has 0 bridgehead atoms. The summed E-state index contributed by atoms with van der Waals surface area (Å²) < 4.78 is 0. The van der Waals surface area contributed by atoms with Crippen molar-refractivity contribution in [1.82, 2.24) is 0 Å². The van der Waals surface area contributed by atoms with E-state index >= 15 is 0 Å². The van der Waals surface area contributed by atoms with Gasteiger partial charge in [0.25, 0.3) is 0 Å². The summed E-state index contributed by atoms with van der Waals surface area (Å²) in [5.41, 5.74) is 6.81. The molecule has 3 N–H and O–H groups in total. The minimum Gasteiger partial charge on any atom is -0.508 e. The summed E-state index contributed by atoms with van der Waals surface area (Å²) in [6.45, 7) is 0. The van der Waals surface area contributed by atoms with E-state index in [1.165, 1.54) is 0 Å². The second-order valence-electron chi connectivity index (χ2n) is 4.34. The van der Waals surface area contributed by atoms with Crippen LogP contribution in [0.1, 0.15) is 18.4 Å². The molecule has 0 unspecified atom stereocenters. The number of nitrogens with two attached hydrogens (primary N) is 1. The first-order valence-electron chi connectivity index (χ1n) is 5.21. The van der Waals surface area contributed by atoms with Crippen LogP contribution in [0.4, 0.5) is 0 Å². The summed E-state index contributed by atoms with van der Waals surface area (Å²) in [5, 5.41) is 12.1. The lowest BCUT2D eigenvalue weighted by Gasteiger charge is -2.14. The molecule has 0 heterocycles. The molecule has 0 atom stereocenters. The van der Waals surface area contributed by atoms with Crippen molar-refractivity contribution in [2.24, 2.45) is 5.73 Å². The Bertz CT molecular complexity index is 529. The molecule has 0 aliphatic heterocycles. The third-order valence-corrected chi connectivity index (χ3v) is 3.19. The number of hydrogen-bond donors (Lipinski definition) is 2. The number of benzene rings is 2. The van der Waals surface area contributed by atoms with Gasteiger partial charge in [0.05, 0.1) is 0 Å². The largest absolute Gasteiger partial charge is 0.508 e. The molecule has 2 aromatic rings. The van der Waals surface area contributed by atoms with Crippen LogP contribution in [0.5, 0.6) is 5.75 Å². The fourth-order valence-electron chi connectivity index (χ4n) is 2.17. The van der Waals surface area contributed by atoms with E-state index < -0.39 is 0 Å². The van der Waals surface area contributed by atoms with Crippen molar-refractivity contribution in [2.45, 2.75) is 18.4 Å². The summed E-state index contributed by atoms with van der Waals surface area (Å²) in [4.78, 5) is 0. The summed E-state index contributed by atoms with van der Waals surface area (Å²) in [6.07, 6.45) is 1.93. The monoisotopic (exact) mass is 199 g/mol. The first kappa shape index (κ1) is 8.74. The van der Waals surface area contributed by atoms with Gasteiger partial charge in [0, 0.05) is 11.1 Å². The molecule has 1 saturated carbocycles. The first-order chi connectivity index (χ1) is 7.21. The number of hydrogen-bond acceptors (Lipinski definition) is 2. The van der Waals surface area contributed by atoms with E-state index in [1.807, 2.05) is 30.3 Å². The highest BCUT2D eigenvalue weighted by Crippen LogP contribution is 2.48. The van der Waals surface area contributed by atoms with Crippen molar-refractivity contribution in [3.63, 3.8) is 0 Å². The van der Waals surface area contributed by atoms with Crippen LogP contribution in [0.15, 0.2) is 36.4 Å². The van der Waals surface area contributed by atoms with E-state index in [9.17, 15) is 5.11 Å². The van der Waals surface area contributed by atoms with E-state index in [0.29, 0.717) is 5.75 Å². The molecule has 15 heavy (non-hydrogen) atoms. The summed E-state index contributed by atoms with van der Waals surface area (Å²) in [5.74, 6) is 0.328. The van der Waals surface area contributed by atoms with Crippen LogP contribution in [-0.4, -0.2) is 5.11 Å². The second kappa shape index (κ2) is 2.74. The summed E-state index contributed by atoms with van der Waals surface area (Å²) in [6, 6.07) is 11.7. The third kappa shape index (κ3) is 1.22. The lowest BCUT2D eigenvalue weighted by molar-refractivity contribution is 0.461. The smallest absolute Gasteiger partial charge is 0.121 e. The Balaban J connectivity index is 2.38. The first-order valence-corrected chi connectivity index (χ1v) is 5.21. The van der Waals surface area contributed by atoms with Gasteiger partial charge in [-0.05, 0) is 29.7 Å². The molecule has 3 rings (SSSR count). The summed E-state index contributed by atoms with van der Waals surface area (Å²) >= 11 is 0. The normalized spacial score (nSPS) is 17.9. The number of fused-ring (bicyclic) bond motifs is 1. The van der Waals surface area contributed by atoms with Gasteiger partial charge in [-0.2, -0.15) is 0 Å². The third-order valence-electron chi connectivity index (χ3n) is 3.19. The van der Waals surface area contributed by atoms with Gasteiger partial charge in [0.15, 0.2) is 0 Å². The molecule has 0 radical (unpaired) electrons. The molecule has 2 heteroatoms. The fourth-order valence-corrected chi connectivity index (χ4v) is 2.17. The van der Waals surface area contributed by atoms with Crippen LogP contribution < -0.4 is 5.73 Å². The van der Waals surface area contributed by atoms with Gasteiger partial charge in [-0.15, -0.1) is 0 Å². The van der Waals surface area contributed by atoms with Crippen LogP contribution in [-0.2, 0) is 5.54 Å². The zero-order chi connectivity index (χ0) is 10.5. The van der Waals surface area contributed by atoms with Crippen LogP contribution in [0.2, 0.25) is 0 Å². The maximum atomic E-state index is 9.90. The van der Waals surface area contributed by atoms with Crippen molar-refractivity contribution in [3.8, 4) is 5.75 Å². The number of phenols is 1. The van der Waals surface area contributed by atoms with Crippen LogP contribution in [0, 0.1) is 0 Å². The highest BCUT2D eigenvalue weighted by Gasteiger charge is 2.42. The van der Waals surface area contributed by atoms with Gasteiger partial charge in [0.2, 0.25) is 0 Å². The quantitative estimate of drug-likeness (QED) is 0.741. The molecule has 0 spiro atoms. The van der Waals surface area contributed by atoms with Crippen LogP contribution in [0.3, 0.4) is 0 Å². The molecule has 0 amide bonds. The van der Waals surface area contributed by atoms with Crippen molar-refractivity contribution in [3.05, 3.63) is 42.0 Å². The Kier molecular flexibility index (Phi) is 1.59. The molecule has 2 nitrogen and oxygen atoms in total. The molecular weight excluding hydrogens is 186 g/mol. The number of aromatic hydroxyl groups is 1. The topological polar surface area (TPSA) is 46.2 Å². The SMILES string of the molecule is NC1(c2c(O)ccc3ccccc23)CC1. The number of phenolic OH excluding ortho intramolecular Hbond substituents is 1. The van der Waals surface area contributed by atoms with Crippen molar-refractivity contribution in [2.75, 3.05) is 0 Å². The molecule has 0 saturated heterocycles. The molecule has 2 aromatic carbocycles. The minimum absolute atomic E-state index is 0.287. The van der Waals surface area contributed by atoms with Crippen molar-refractivity contribution < 1.29 is 5.11 Å².